The van der Waals surface area contributed by atoms with E-state index in [1.54, 1.807) is 5.01 Å². The predicted octanol–water partition coefficient (Wildman–Crippen LogP) is 5.34. The molecule has 1 N–H and O–H groups in total. The normalized spacial score (nSPS) is 21.0. The van der Waals surface area contributed by atoms with Crippen molar-refractivity contribution < 1.29 is 23.4 Å². The van der Waals surface area contributed by atoms with E-state index in [9.17, 15) is 14.2 Å². The second kappa shape index (κ2) is 14.1. The molecule has 0 saturated carbocycles. The highest BCUT2D eigenvalue weighted by molar-refractivity contribution is 7.56. The summed E-state index contributed by atoms with van der Waals surface area (Å²) in [4.78, 5) is 27.3. The van der Waals surface area contributed by atoms with Gasteiger partial charge in [-0.25, -0.2) is 14.9 Å². The van der Waals surface area contributed by atoms with Crippen molar-refractivity contribution in [1.82, 2.24) is 15.1 Å². The maximum Gasteiger partial charge on any atom is 0.330 e. The molecule has 0 aromatic heterocycles. The lowest BCUT2D eigenvalue weighted by Gasteiger charge is -2.42. The van der Waals surface area contributed by atoms with Gasteiger partial charge in [0, 0.05) is 19.3 Å². The van der Waals surface area contributed by atoms with Gasteiger partial charge >= 0.3 is 5.97 Å². The quantitative estimate of drug-likeness (QED) is 0.244. The Bertz CT molecular complexity index is 1280. The molecule has 3 aromatic rings. The fraction of sp³-hybridized carbons (Fsp3) is 0.375. The van der Waals surface area contributed by atoms with Gasteiger partial charge in [0.2, 0.25) is 0 Å². The molecule has 5 rings (SSSR count). The van der Waals surface area contributed by atoms with Crippen molar-refractivity contribution in [2.45, 2.75) is 57.4 Å². The summed E-state index contributed by atoms with van der Waals surface area (Å²) in [6, 6.07) is 27.5. The number of fused-ring (bicyclic) bond motifs is 1. The number of nitrogens with zero attached hydrogens (tertiary/aromatic N) is 2. The molecule has 0 spiro atoms. The van der Waals surface area contributed by atoms with Crippen molar-refractivity contribution in [3.63, 3.8) is 0 Å². The molecular weight excluding hydrogens is 537 g/mol. The number of aryl methyl sites for hydroxylation is 1. The molecule has 0 radical (unpaired) electrons. The maximum absolute atomic E-state index is 14.3. The van der Waals surface area contributed by atoms with Gasteiger partial charge in [-0.15, -0.1) is 0 Å². The molecule has 2 aliphatic heterocycles. The summed E-state index contributed by atoms with van der Waals surface area (Å²) in [7, 11) is -3.45. The van der Waals surface area contributed by atoms with Crippen LogP contribution in [0.5, 0.6) is 0 Å². The zero-order valence-corrected chi connectivity index (χ0v) is 24.2. The van der Waals surface area contributed by atoms with Crippen LogP contribution in [0.1, 0.15) is 42.4 Å². The standard InChI is InChI=1S/C32H38N3O5P/c36-31-29(33-41(38,23-20-26-12-4-1-5-13-26)40-25-28-16-8-3-9-17-28)18-10-21-34-22-11-19-30(35(31)34)32(37)39-24-27-14-6-2-7-15-27/h1-9,12-17,29-30H,10-11,18-25H2,(H,33,38)/t29-,30-,41?/m0/s1. The van der Waals surface area contributed by atoms with E-state index in [1.807, 2.05) is 96.0 Å². The Balaban J connectivity index is 1.31. The summed E-state index contributed by atoms with van der Waals surface area (Å²) < 4.78 is 26.1. The second-order valence-electron chi connectivity index (χ2n) is 10.6. The van der Waals surface area contributed by atoms with Crippen LogP contribution in [-0.4, -0.2) is 53.2 Å². The van der Waals surface area contributed by atoms with E-state index in [4.69, 9.17) is 9.26 Å². The highest BCUT2D eigenvalue weighted by Gasteiger charge is 2.44. The van der Waals surface area contributed by atoms with Crippen LogP contribution in [0.2, 0.25) is 0 Å². The summed E-state index contributed by atoms with van der Waals surface area (Å²) in [5.41, 5.74) is 2.85. The van der Waals surface area contributed by atoms with Crippen LogP contribution in [0, 0.1) is 0 Å². The number of ether oxygens (including phenoxy) is 1. The SMILES string of the molecule is O=C(OCc1ccccc1)[C@@H]1CCCN2CCC[C@H](NP(=O)(CCc3ccccc3)OCc3ccccc3)C(=O)N12. The van der Waals surface area contributed by atoms with E-state index >= 15 is 0 Å². The lowest BCUT2D eigenvalue weighted by Crippen LogP contribution is -2.60. The summed E-state index contributed by atoms with van der Waals surface area (Å²) in [6.07, 6.45) is 3.34. The van der Waals surface area contributed by atoms with E-state index in [1.165, 1.54) is 0 Å². The van der Waals surface area contributed by atoms with Crippen molar-refractivity contribution in [1.29, 1.82) is 0 Å². The number of rotatable bonds is 11. The summed E-state index contributed by atoms with van der Waals surface area (Å²) in [6.45, 7) is 1.66. The average molecular weight is 576 g/mol. The molecule has 1 amide bonds. The maximum atomic E-state index is 14.3. The Labute approximate surface area is 242 Å². The van der Waals surface area contributed by atoms with Gasteiger partial charge in [-0.1, -0.05) is 91.0 Å². The Morgan fingerprint density at radius 1 is 0.805 bits per heavy atom. The second-order valence-corrected chi connectivity index (χ2v) is 12.9. The molecule has 0 aliphatic carbocycles. The molecule has 3 aromatic carbocycles. The van der Waals surface area contributed by atoms with E-state index in [0.29, 0.717) is 32.4 Å². The van der Waals surface area contributed by atoms with Crippen LogP contribution in [-0.2, 0) is 43.0 Å². The number of benzene rings is 3. The molecule has 9 heteroatoms. The molecule has 1 unspecified atom stereocenters. The smallest absolute Gasteiger partial charge is 0.330 e. The molecule has 2 heterocycles. The first kappa shape index (κ1) is 29.2. The summed E-state index contributed by atoms with van der Waals surface area (Å²) in [5, 5.41) is 6.71. The number of hydrogen-bond donors (Lipinski definition) is 1. The van der Waals surface area contributed by atoms with Crippen LogP contribution in [0.3, 0.4) is 0 Å². The minimum Gasteiger partial charge on any atom is -0.459 e. The molecule has 216 valence electrons. The molecule has 2 aliphatic rings. The molecule has 3 atom stereocenters. The molecule has 0 bridgehead atoms. The first-order valence-corrected chi connectivity index (χ1v) is 16.2. The number of carbonyl (C=O) groups excluding carboxylic acids is 2. The van der Waals surface area contributed by atoms with E-state index in [-0.39, 0.29) is 25.3 Å². The van der Waals surface area contributed by atoms with Crippen molar-refractivity contribution >= 4 is 19.4 Å². The van der Waals surface area contributed by atoms with Crippen LogP contribution in [0.25, 0.3) is 0 Å². The number of carbonyl (C=O) groups is 2. The lowest BCUT2D eigenvalue weighted by molar-refractivity contribution is -0.178. The Kier molecular flexibility index (Phi) is 10.0. The van der Waals surface area contributed by atoms with Gasteiger partial charge in [0.15, 0.2) is 0 Å². The predicted molar refractivity (Wildman–Crippen MR) is 158 cm³/mol. The molecule has 2 fully saturated rings. The molecule has 2 saturated heterocycles. The zero-order chi connectivity index (χ0) is 28.5. The number of hydrogen-bond acceptors (Lipinski definition) is 6. The Morgan fingerprint density at radius 3 is 2.00 bits per heavy atom. The largest absolute Gasteiger partial charge is 0.459 e. The minimum absolute atomic E-state index is 0.155. The zero-order valence-electron chi connectivity index (χ0n) is 23.3. The third kappa shape index (κ3) is 7.92. The third-order valence-corrected chi connectivity index (χ3v) is 9.66. The van der Waals surface area contributed by atoms with E-state index in [0.717, 1.165) is 29.5 Å². The number of esters is 1. The van der Waals surface area contributed by atoms with Gasteiger partial charge in [0.1, 0.15) is 12.6 Å². The molecule has 41 heavy (non-hydrogen) atoms. The van der Waals surface area contributed by atoms with Crippen LogP contribution in [0.15, 0.2) is 91.0 Å². The van der Waals surface area contributed by atoms with Crippen LogP contribution < -0.4 is 5.09 Å². The van der Waals surface area contributed by atoms with Crippen molar-refractivity contribution in [3.05, 3.63) is 108 Å². The minimum atomic E-state index is -3.45. The fourth-order valence-corrected chi connectivity index (χ4v) is 7.37. The summed E-state index contributed by atoms with van der Waals surface area (Å²) in [5.74, 6) is -0.674. The van der Waals surface area contributed by atoms with Gasteiger partial charge in [0.05, 0.1) is 12.6 Å². The topological polar surface area (TPSA) is 88.2 Å². The van der Waals surface area contributed by atoms with Gasteiger partial charge in [-0.3, -0.25) is 14.4 Å². The van der Waals surface area contributed by atoms with Gasteiger partial charge < -0.3 is 9.26 Å². The third-order valence-electron chi connectivity index (χ3n) is 7.60. The fourth-order valence-electron chi connectivity index (χ4n) is 5.41. The Hall–Kier alpha value is -3.29. The van der Waals surface area contributed by atoms with E-state index < -0.39 is 25.6 Å². The lowest BCUT2D eigenvalue weighted by atomic mass is 10.1. The van der Waals surface area contributed by atoms with Crippen molar-refractivity contribution in [2.75, 3.05) is 19.3 Å². The first-order valence-electron chi connectivity index (χ1n) is 14.4. The van der Waals surface area contributed by atoms with Crippen LogP contribution in [0.4, 0.5) is 0 Å². The van der Waals surface area contributed by atoms with Gasteiger partial charge in [-0.05, 0) is 48.8 Å². The average Bonchev–Trinajstić information content (AvgIpc) is 3.17. The number of hydrazine groups is 1. The van der Waals surface area contributed by atoms with Gasteiger partial charge in [-0.2, -0.15) is 0 Å². The molecule has 8 nitrogen and oxygen atoms in total. The van der Waals surface area contributed by atoms with Crippen LogP contribution >= 0.6 is 7.52 Å². The molecular formula is C32H38N3O5P. The van der Waals surface area contributed by atoms with Gasteiger partial charge in [0.25, 0.3) is 13.4 Å². The van der Waals surface area contributed by atoms with E-state index in [2.05, 4.69) is 5.09 Å². The first-order chi connectivity index (χ1) is 20.0. The monoisotopic (exact) mass is 575 g/mol. The highest BCUT2D eigenvalue weighted by atomic mass is 31.2. The summed E-state index contributed by atoms with van der Waals surface area (Å²) >= 11 is 0. The Morgan fingerprint density at radius 2 is 1.37 bits per heavy atom. The van der Waals surface area contributed by atoms with Crippen molar-refractivity contribution in [3.8, 4) is 0 Å². The number of amides is 1. The van der Waals surface area contributed by atoms with Crippen molar-refractivity contribution in [2.24, 2.45) is 0 Å². The number of nitrogens with one attached hydrogen (secondary N) is 1. The highest BCUT2D eigenvalue weighted by Crippen LogP contribution is 2.45.